The molecule has 2 atom stereocenters. The average molecular weight is 350 g/mol. The molecule has 1 aromatic rings. The number of ether oxygens (including phenoxy) is 2. The summed E-state index contributed by atoms with van der Waals surface area (Å²) in [6, 6.07) is 0. The second-order valence-electron chi connectivity index (χ2n) is 7.67. The molecule has 0 radical (unpaired) electrons. The van der Waals surface area contributed by atoms with Gasteiger partial charge in [0, 0.05) is 24.2 Å². The second kappa shape index (κ2) is 6.07. The van der Waals surface area contributed by atoms with Crippen LogP contribution in [0.5, 0.6) is 0 Å². The zero-order valence-corrected chi connectivity index (χ0v) is 15.5. The highest BCUT2D eigenvalue weighted by molar-refractivity contribution is 7.09. The van der Waals surface area contributed by atoms with Crippen LogP contribution in [0.25, 0.3) is 0 Å². The number of nitrogens with zero attached hydrogens (tertiary/aromatic N) is 2. The highest BCUT2D eigenvalue weighted by Gasteiger charge is 2.56. The number of thiazole rings is 1. The fourth-order valence-electron chi connectivity index (χ4n) is 4.91. The third-order valence-electron chi connectivity index (χ3n) is 5.98. The summed E-state index contributed by atoms with van der Waals surface area (Å²) in [5, 5.41) is 0. The van der Waals surface area contributed by atoms with Crippen LogP contribution in [-0.4, -0.2) is 35.9 Å². The Balaban J connectivity index is 1.66. The van der Waals surface area contributed by atoms with E-state index >= 15 is 0 Å². The maximum Gasteiger partial charge on any atom is 0.280 e. The second-order valence-corrected chi connectivity index (χ2v) is 8.85. The quantitative estimate of drug-likeness (QED) is 0.839. The van der Waals surface area contributed by atoms with Crippen LogP contribution >= 0.6 is 11.3 Å². The summed E-state index contributed by atoms with van der Waals surface area (Å²) >= 11 is 1.59. The Morgan fingerprint density at radius 2 is 2.04 bits per heavy atom. The van der Waals surface area contributed by atoms with Gasteiger partial charge >= 0.3 is 0 Å². The molecule has 132 valence electrons. The lowest BCUT2D eigenvalue weighted by atomic mass is 9.62. The molecule has 2 unspecified atom stereocenters. The summed E-state index contributed by atoms with van der Waals surface area (Å²) in [6.45, 7) is 5.49. The molecule has 2 aliphatic carbocycles. The predicted octanol–water partition coefficient (Wildman–Crippen LogP) is 2.59. The van der Waals surface area contributed by atoms with E-state index in [-0.39, 0.29) is 12.0 Å². The first-order valence-electron chi connectivity index (χ1n) is 8.93. The van der Waals surface area contributed by atoms with Crippen molar-refractivity contribution in [2.75, 3.05) is 13.7 Å². The van der Waals surface area contributed by atoms with Crippen LogP contribution in [-0.2, 0) is 20.8 Å². The highest BCUT2D eigenvalue weighted by Crippen LogP contribution is 2.53. The minimum absolute atomic E-state index is 0.0611. The number of methoxy groups -OCH3 is 1. The summed E-state index contributed by atoms with van der Waals surface area (Å²) < 4.78 is 13.5. The largest absolute Gasteiger partial charge is 0.383 e. The van der Waals surface area contributed by atoms with Gasteiger partial charge in [-0.1, -0.05) is 0 Å². The van der Waals surface area contributed by atoms with Crippen LogP contribution in [0.4, 0.5) is 0 Å². The van der Waals surface area contributed by atoms with Crippen LogP contribution < -0.4 is 4.80 Å². The Hall–Kier alpha value is -0.980. The SMILES string of the molecule is COCCn1c(C)c(C)sc1=NC(=O)C12CC3CC(CC(C3)O1)C2. The Bertz CT molecular complexity index is 683. The van der Waals surface area contributed by atoms with Crippen molar-refractivity contribution in [3.05, 3.63) is 15.4 Å². The molecule has 4 bridgehead atoms. The highest BCUT2D eigenvalue weighted by atomic mass is 32.1. The van der Waals surface area contributed by atoms with Gasteiger partial charge in [0.15, 0.2) is 4.80 Å². The van der Waals surface area contributed by atoms with E-state index < -0.39 is 5.60 Å². The summed E-state index contributed by atoms with van der Waals surface area (Å²) in [4.78, 5) is 19.6. The van der Waals surface area contributed by atoms with Crippen molar-refractivity contribution in [3.63, 3.8) is 0 Å². The molecule has 0 aromatic carbocycles. The van der Waals surface area contributed by atoms with Gasteiger partial charge in [-0.3, -0.25) is 4.79 Å². The van der Waals surface area contributed by atoms with E-state index in [1.54, 1.807) is 18.4 Å². The molecule has 4 aliphatic rings. The van der Waals surface area contributed by atoms with Crippen molar-refractivity contribution >= 4 is 17.2 Å². The lowest BCUT2D eigenvalue weighted by Crippen LogP contribution is -2.58. The molecule has 0 N–H and O–H groups in total. The van der Waals surface area contributed by atoms with Crippen molar-refractivity contribution in [3.8, 4) is 0 Å². The van der Waals surface area contributed by atoms with Gasteiger partial charge in [0.05, 0.1) is 12.7 Å². The lowest BCUT2D eigenvalue weighted by Gasteiger charge is -2.54. The number of amides is 1. The molecule has 0 spiro atoms. The van der Waals surface area contributed by atoms with Crippen LogP contribution in [0.1, 0.15) is 42.7 Å². The topological polar surface area (TPSA) is 52.8 Å². The van der Waals surface area contributed by atoms with Gasteiger partial charge in [-0.2, -0.15) is 4.99 Å². The van der Waals surface area contributed by atoms with Crippen molar-refractivity contribution in [1.29, 1.82) is 0 Å². The lowest BCUT2D eigenvalue weighted by molar-refractivity contribution is -0.216. The third kappa shape index (κ3) is 2.68. The van der Waals surface area contributed by atoms with Crippen molar-refractivity contribution in [2.24, 2.45) is 16.8 Å². The predicted molar refractivity (Wildman–Crippen MR) is 91.9 cm³/mol. The molecule has 4 fully saturated rings. The number of aromatic nitrogens is 1. The average Bonchev–Trinajstić information content (AvgIpc) is 2.78. The maximum absolute atomic E-state index is 13.1. The molecular formula is C18H26N2O3S. The molecule has 6 heteroatoms. The summed E-state index contributed by atoms with van der Waals surface area (Å²) in [7, 11) is 1.69. The van der Waals surface area contributed by atoms with E-state index in [1.165, 1.54) is 11.3 Å². The number of hydrogen-bond acceptors (Lipinski definition) is 4. The van der Waals surface area contributed by atoms with Crippen LogP contribution in [0, 0.1) is 25.7 Å². The normalized spacial score (nSPS) is 35.0. The van der Waals surface area contributed by atoms with Gasteiger partial charge in [-0.15, -0.1) is 11.3 Å². The molecule has 2 saturated carbocycles. The number of hydrogen-bond donors (Lipinski definition) is 0. The standard InChI is InChI=1S/C18H26N2O3S/c1-11-12(2)24-17(20(11)4-5-22-3)19-16(21)18-9-13-6-14(10-18)8-15(7-13)23-18/h13-15H,4-10H2,1-3H3. The van der Waals surface area contributed by atoms with Gasteiger partial charge in [0.1, 0.15) is 5.60 Å². The molecule has 5 nitrogen and oxygen atoms in total. The van der Waals surface area contributed by atoms with E-state index in [0.29, 0.717) is 18.4 Å². The molecule has 2 saturated heterocycles. The minimum atomic E-state index is -0.639. The Morgan fingerprint density at radius 3 is 2.67 bits per heavy atom. The third-order valence-corrected chi connectivity index (χ3v) is 7.08. The minimum Gasteiger partial charge on any atom is -0.383 e. The first-order valence-corrected chi connectivity index (χ1v) is 9.75. The smallest absolute Gasteiger partial charge is 0.280 e. The molecule has 1 aromatic heterocycles. The van der Waals surface area contributed by atoms with Crippen LogP contribution in [0.15, 0.2) is 4.99 Å². The van der Waals surface area contributed by atoms with E-state index in [4.69, 9.17) is 9.47 Å². The molecule has 1 amide bonds. The molecular weight excluding hydrogens is 324 g/mol. The van der Waals surface area contributed by atoms with Crippen molar-refractivity contribution < 1.29 is 14.3 Å². The fourth-order valence-corrected chi connectivity index (χ4v) is 5.91. The van der Waals surface area contributed by atoms with E-state index in [0.717, 1.165) is 42.7 Å². The monoisotopic (exact) mass is 350 g/mol. The zero-order valence-electron chi connectivity index (χ0n) is 14.7. The molecule has 24 heavy (non-hydrogen) atoms. The van der Waals surface area contributed by atoms with Gasteiger partial charge in [0.2, 0.25) is 0 Å². The Kier molecular flexibility index (Phi) is 4.17. The van der Waals surface area contributed by atoms with Crippen molar-refractivity contribution in [1.82, 2.24) is 4.57 Å². The Labute approximate surface area is 146 Å². The number of carbonyl (C=O) groups is 1. The van der Waals surface area contributed by atoms with E-state index in [9.17, 15) is 4.79 Å². The van der Waals surface area contributed by atoms with Crippen LogP contribution in [0.3, 0.4) is 0 Å². The van der Waals surface area contributed by atoms with Gasteiger partial charge < -0.3 is 14.0 Å². The zero-order chi connectivity index (χ0) is 16.9. The molecule has 2 aliphatic heterocycles. The first kappa shape index (κ1) is 16.5. The van der Waals surface area contributed by atoms with Gasteiger partial charge in [-0.25, -0.2) is 0 Å². The number of rotatable bonds is 4. The van der Waals surface area contributed by atoms with E-state index in [1.807, 2.05) is 0 Å². The van der Waals surface area contributed by atoms with Crippen LogP contribution in [0.2, 0.25) is 0 Å². The summed E-state index contributed by atoms with van der Waals surface area (Å²) in [6.07, 6.45) is 5.56. The summed E-state index contributed by atoms with van der Waals surface area (Å²) in [5.41, 5.74) is 0.523. The van der Waals surface area contributed by atoms with Gasteiger partial charge in [-0.05, 0) is 57.8 Å². The number of aryl methyl sites for hydroxylation is 1. The van der Waals surface area contributed by atoms with Gasteiger partial charge in [0.25, 0.3) is 5.91 Å². The summed E-state index contributed by atoms with van der Waals surface area (Å²) in [5.74, 6) is 1.25. The first-order chi connectivity index (χ1) is 11.5. The number of carbonyl (C=O) groups excluding carboxylic acids is 1. The van der Waals surface area contributed by atoms with E-state index in [2.05, 4.69) is 23.4 Å². The fraction of sp³-hybridized carbons (Fsp3) is 0.778. The molecule has 5 rings (SSSR count). The van der Waals surface area contributed by atoms with Crippen molar-refractivity contribution in [2.45, 2.75) is 64.2 Å². The Morgan fingerprint density at radius 1 is 1.33 bits per heavy atom. The maximum atomic E-state index is 13.1. The molecule has 3 heterocycles.